The number of aromatic nitrogens is 2. The fourth-order valence-electron chi connectivity index (χ4n) is 6.07. The highest BCUT2D eigenvalue weighted by Gasteiger charge is 2.46. The molecule has 3 aliphatic rings. The van der Waals surface area contributed by atoms with Crippen LogP contribution in [0.15, 0.2) is 42.6 Å². The van der Waals surface area contributed by atoms with E-state index in [1.165, 1.54) is 36.3 Å². The Morgan fingerprint density at radius 2 is 1.89 bits per heavy atom. The van der Waals surface area contributed by atoms with Crippen molar-refractivity contribution in [3.63, 3.8) is 0 Å². The van der Waals surface area contributed by atoms with Crippen molar-refractivity contribution in [3.05, 3.63) is 54.0 Å². The van der Waals surface area contributed by atoms with Crippen molar-refractivity contribution in [3.8, 4) is 17.0 Å². The molecule has 3 atom stereocenters. The number of nitrogens with zero attached hydrogens (tertiary/aromatic N) is 4. The van der Waals surface area contributed by atoms with Crippen LogP contribution in [-0.2, 0) is 0 Å². The molecule has 5 rings (SSSR count). The summed E-state index contributed by atoms with van der Waals surface area (Å²) in [5, 5.41) is 23.3. The van der Waals surface area contributed by atoms with Crippen LogP contribution in [0.2, 0.25) is 0 Å². The number of rotatable bonds is 5. The zero-order valence-corrected chi connectivity index (χ0v) is 20.6. The third kappa shape index (κ3) is 4.63. The molecule has 35 heavy (non-hydrogen) atoms. The SMILES string of the molecule is CN(c1ccc(-c2cc(F)c(C3=CCN(CF)C=C3)cc2O)nn1)C1C[C@]2(C)CCC[C@](C)(C1)N2. The number of halogens is 2. The second-order valence-corrected chi connectivity index (χ2v) is 10.8. The Kier molecular flexibility index (Phi) is 6.03. The molecule has 2 fully saturated rings. The van der Waals surface area contributed by atoms with Crippen molar-refractivity contribution in [1.82, 2.24) is 20.4 Å². The van der Waals surface area contributed by atoms with E-state index in [1.54, 1.807) is 24.4 Å². The first-order valence-corrected chi connectivity index (χ1v) is 12.3. The van der Waals surface area contributed by atoms with Gasteiger partial charge in [-0.3, -0.25) is 0 Å². The molecule has 2 aromatic rings. The molecule has 2 bridgehead atoms. The molecule has 4 heterocycles. The molecule has 0 spiro atoms. The number of phenols is 1. The number of alkyl halides is 1. The standard InChI is InChI=1S/C27H33F2N5O/c1-26-9-4-10-27(2,32-26)16-19(15-26)33(3)25-6-5-23(30-31-25)21-13-22(29)20(14-24(21)35)18-7-11-34(17-28)12-8-18/h5-8,11,13-14,19,32,35H,4,9-10,12,15-17H2,1-3H3/t19?,26-,27+. The van der Waals surface area contributed by atoms with Gasteiger partial charge in [-0.1, -0.05) is 6.08 Å². The minimum atomic E-state index is -0.604. The summed E-state index contributed by atoms with van der Waals surface area (Å²) in [5.74, 6) is 0.205. The van der Waals surface area contributed by atoms with Crippen LogP contribution >= 0.6 is 0 Å². The molecule has 0 saturated carbocycles. The summed E-state index contributed by atoms with van der Waals surface area (Å²) in [6, 6.07) is 6.68. The van der Waals surface area contributed by atoms with Gasteiger partial charge in [0, 0.05) is 48.0 Å². The van der Waals surface area contributed by atoms with E-state index in [9.17, 15) is 13.9 Å². The van der Waals surface area contributed by atoms with Crippen LogP contribution in [0.3, 0.4) is 0 Å². The van der Waals surface area contributed by atoms with Gasteiger partial charge >= 0.3 is 0 Å². The maximum absolute atomic E-state index is 15.0. The van der Waals surface area contributed by atoms with Crippen molar-refractivity contribution in [2.45, 2.75) is 63.1 Å². The summed E-state index contributed by atoms with van der Waals surface area (Å²) in [4.78, 5) is 3.66. The zero-order valence-electron chi connectivity index (χ0n) is 20.6. The summed E-state index contributed by atoms with van der Waals surface area (Å²) < 4.78 is 27.8. The molecule has 186 valence electrons. The average molecular weight is 482 g/mol. The number of anilines is 1. The molecule has 6 nitrogen and oxygen atoms in total. The van der Waals surface area contributed by atoms with Gasteiger partial charge in [0.1, 0.15) is 11.6 Å². The van der Waals surface area contributed by atoms with Crippen molar-refractivity contribution >= 4 is 11.4 Å². The smallest absolute Gasteiger partial charge is 0.161 e. The molecule has 2 N–H and O–H groups in total. The molecule has 0 radical (unpaired) electrons. The Balaban J connectivity index is 1.35. The van der Waals surface area contributed by atoms with Gasteiger partial charge in [0.2, 0.25) is 0 Å². The summed E-state index contributed by atoms with van der Waals surface area (Å²) in [7, 11) is 2.06. The van der Waals surface area contributed by atoms with E-state index in [2.05, 4.69) is 41.3 Å². The van der Waals surface area contributed by atoms with Crippen molar-refractivity contribution in [1.29, 1.82) is 0 Å². The quantitative estimate of drug-likeness (QED) is 0.585. The van der Waals surface area contributed by atoms with E-state index in [-0.39, 0.29) is 28.0 Å². The van der Waals surface area contributed by atoms with Crippen molar-refractivity contribution in [2.75, 3.05) is 25.3 Å². The number of allylic oxidation sites excluding steroid dienone is 2. The summed E-state index contributed by atoms with van der Waals surface area (Å²) in [6.07, 6.45) is 10.7. The molecule has 0 aliphatic carbocycles. The number of nitrogens with one attached hydrogen (secondary N) is 1. The van der Waals surface area contributed by atoms with Gasteiger partial charge in [-0.2, -0.15) is 0 Å². The Morgan fingerprint density at radius 1 is 1.14 bits per heavy atom. The molecule has 2 saturated heterocycles. The summed E-state index contributed by atoms with van der Waals surface area (Å²) in [5.41, 5.74) is 1.83. The van der Waals surface area contributed by atoms with Crippen LogP contribution in [0.5, 0.6) is 5.75 Å². The number of aromatic hydroxyl groups is 1. The Bertz CT molecular complexity index is 1150. The van der Waals surface area contributed by atoms with Gasteiger partial charge in [0.25, 0.3) is 0 Å². The normalized spacial score (nSPS) is 28.1. The van der Waals surface area contributed by atoms with E-state index >= 15 is 0 Å². The lowest BCUT2D eigenvalue weighted by Crippen LogP contribution is -2.66. The monoisotopic (exact) mass is 481 g/mol. The number of hydrogen-bond donors (Lipinski definition) is 2. The predicted molar refractivity (Wildman–Crippen MR) is 134 cm³/mol. The third-order valence-corrected chi connectivity index (χ3v) is 7.83. The molecule has 0 amide bonds. The van der Waals surface area contributed by atoms with Gasteiger partial charge in [0.05, 0.1) is 5.69 Å². The van der Waals surface area contributed by atoms with Crippen LogP contribution < -0.4 is 10.2 Å². The lowest BCUT2D eigenvalue weighted by atomic mass is 9.69. The van der Waals surface area contributed by atoms with Crippen molar-refractivity contribution in [2.24, 2.45) is 0 Å². The second kappa shape index (κ2) is 8.90. The zero-order chi connectivity index (χ0) is 24.8. The highest BCUT2D eigenvalue weighted by molar-refractivity contribution is 5.79. The molecule has 3 aliphatic heterocycles. The molecular weight excluding hydrogens is 448 g/mol. The topological polar surface area (TPSA) is 64.5 Å². The van der Waals surface area contributed by atoms with Gasteiger partial charge in [0.15, 0.2) is 12.6 Å². The largest absolute Gasteiger partial charge is 0.507 e. The second-order valence-electron chi connectivity index (χ2n) is 10.8. The summed E-state index contributed by atoms with van der Waals surface area (Å²) in [6.45, 7) is 4.37. The van der Waals surface area contributed by atoms with E-state index < -0.39 is 12.6 Å². The van der Waals surface area contributed by atoms with Gasteiger partial charge in [-0.25, -0.2) is 8.78 Å². The Morgan fingerprint density at radius 3 is 2.49 bits per heavy atom. The summed E-state index contributed by atoms with van der Waals surface area (Å²) >= 11 is 0. The molecule has 1 aromatic heterocycles. The number of hydrogen-bond acceptors (Lipinski definition) is 6. The van der Waals surface area contributed by atoms with Crippen LogP contribution in [0, 0.1) is 5.82 Å². The fraction of sp³-hybridized carbons (Fsp3) is 0.481. The lowest BCUT2D eigenvalue weighted by Gasteiger charge is -2.55. The molecule has 8 heteroatoms. The fourth-order valence-corrected chi connectivity index (χ4v) is 6.07. The van der Waals surface area contributed by atoms with Gasteiger partial charge < -0.3 is 20.2 Å². The Labute approximate surface area is 205 Å². The first kappa shape index (κ1) is 23.7. The number of fused-ring (bicyclic) bond motifs is 2. The van der Waals surface area contributed by atoms with Crippen LogP contribution in [0.1, 0.15) is 51.5 Å². The van der Waals surface area contributed by atoms with Crippen LogP contribution in [-0.4, -0.2) is 57.7 Å². The number of phenolic OH excluding ortho intramolecular Hbond substituents is 1. The van der Waals surface area contributed by atoms with E-state index in [0.29, 0.717) is 23.9 Å². The van der Waals surface area contributed by atoms with E-state index in [0.717, 1.165) is 18.7 Å². The van der Waals surface area contributed by atoms with Crippen LogP contribution in [0.25, 0.3) is 16.8 Å². The lowest BCUT2D eigenvalue weighted by molar-refractivity contribution is 0.0784. The Hall–Kier alpha value is -3.00. The van der Waals surface area contributed by atoms with Crippen molar-refractivity contribution < 1.29 is 13.9 Å². The maximum atomic E-state index is 15.0. The van der Waals surface area contributed by atoms with E-state index in [4.69, 9.17) is 0 Å². The maximum Gasteiger partial charge on any atom is 0.161 e. The average Bonchev–Trinajstić information content (AvgIpc) is 2.83. The van der Waals surface area contributed by atoms with E-state index in [1.807, 2.05) is 6.07 Å². The molecular formula is C27H33F2N5O. The number of piperidine rings is 2. The third-order valence-electron chi connectivity index (χ3n) is 7.83. The molecule has 1 aromatic carbocycles. The van der Waals surface area contributed by atoms with Crippen LogP contribution in [0.4, 0.5) is 14.6 Å². The van der Waals surface area contributed by atoms with Gasteiger partial charge in [-0.05, 0) is 81.9 Å². The minimum absolute atomic E-state index is 0.0777. The first-order valence-electron chi connectivity index (χ1n) is 12.3. The van der Waals surface area contributed by atoms with Gasteiger partial charge in [-0.15, -0.1) is 10.2 Å². The number of benzene rings is 1. The highest BCUT2D eigenvalue weighted by Crippen LogP contribution is 2.42. The highest BCUT2D eigenvalue weighted by atomic mass is 19.1. The molecule has 1 unspecified atom stereocenters. The predicted octanol–water partition coefficient (Wildman–Crippen LogP) is 5.02. The first-order chi connectivity index (χ1) is 16.7. The minimum Gasteiger partial charge on any atom is -0.507 e.